The summed E-state index contributed by atoms with van der Waals surface area (Å²) in [6.45, 7) is 5.19. The second-order valence-electron chi connectivity index (χ2n) is 10.2. The van der Waals surface area contributed by atoms with E-state index in [0.717, 1.165) is 47.7 Å². The maximum absolute atomic E-state index is 13.6. The molecule has 0 aliphatic heterocycles. The lowest BCUT2D eigenvalue weighted by atomic mass is 9.61. The molecular weight excluding hydrogens is 415 g/mol. The Morgan fingerprint density at radius 2 is 1.70 bits per heavy atom. The zero-order valence-electron chi connectivity index (χ0n) is 19.4. The van der Waals surface area contributed by atoms with Crippen LogP contribution in [-0.2, 0) is 22.2 Å². The van der Waals surface area contributed by atoms with Crippen molar-refractivity contribution in [1.29, 1.82) is 0 Å². The van der Waals surface area contributed by atoms with Gasteiger partial charge in [-0.3, -0.25) is 4.79 Å². The molecule has 2 aliphatic rings. The SMILES string of the molecule is Cc1nc([C@]2(C)CC[C@](C(=O)O)(c3ccccc3)CC2)n(CC2CC2)c1-c1ccc(F)cc1. The van der Waals surface area contributed by atoms with Crippen LogP contribution in [-0.4, -0.2) is 20.6 Å². The van der Waals surface area contributed by atoms with E-state index in [2.05, 4.69) is 11.5 Å². The Morgan fingerprint density at radius 1 is 1.06 bits per heavy atom. The van der Waals surface area contributed by atoms with Gasteiger partial charge in [-0.05, 0) is 81.2 Å². The average Bonchev–Trinajstić information content (AvgIpc) is 3.57. The van der Waals surface area contributed by atoms with Crippen LogP contribution in [0.15, 0.2) is 54.6 Å². The summed E-state index contributed by atoms with van der Waals surface area (Å²) < 4.78 is 15.9. The smallest absolute Gasteiger partial charge is 0.314 e. The van der Waals surface area contributed by atoms with Gasteiger partial charge in [0.1, 0.15) is 11.6 Å². The third-order valence-electron chi connectivity index (χ3n) is 7.88. The first-order valence-corrected chi connectivity index (χ1v) is 11.9. The van der Waals surface area contributed by atoms with Crippen LogP contribution in [0.1, 0.15) is 62.5 Å². The zero-order valence-corrected chi connectivity index (χ0v) is 19.4. The molecule has 0 saturated heterocycles. The van der Waals surface area contributed by atoms with E-state index >= 15 is 0 Å². The molecular formula is C28H31FN2O2. The van der Waals surface area contributed by atoms with Crippen molar-refractivity contribution in [3.63, 3.8) is 0 Å². The minimum atomic E-state index is -0.844. The van der Waals surface area contributed by atoms with Crippen molar-refractivity contribution in [3.05, 3.63) is 77.5 Å². The molecule has 5 heteroatoms. The molecule has 0 amide bonds. The summed E-state index contributed by atoms with van der Waals surface area (Å²) >= 11 is 0. The van der Waals surface area contributed by atoms with E-state index in [1.165, 1.54) is 25.0 Å². The van der Waals surface area contributed by atoms with Gasteiger partial charge in [0.05, 0.1) is 16.8 Å². The lowest BCUT2D eigenvalue weighted by Gasteiger charge is -2.42. The van der Waals surface area contributed by atoms with Crippen LogP contribution >= 0.6 is 0 Å². The molecule has 0 unspecified atom stereocenters. The van der Waals surface area contributed by atoms with E-state index in [1.807, 2.05) is 49.4 Å². The number of rotatable bonds is 6. The standard InChI is InChI=1S/C28H31FN2O2/c1-19-24(21-10-12-23(29)13-11-21)31(18-20-8-9-20)25(30-19)27(2)14-16-28(17-15-27,26(32)33)22-6-4-3-5-7-22/h3-7,10-13,20H,8-9,14-18H2,1-2H3,(H,32,33)/t27-,28-. The van der Waals surface area contributed by atoms with Crippen LogP contribution in [0.3, 0.4) is 0 Å². The van der Waals surface area contributed by atoms with Gasteiger partial charge in [0, 0.05) is 17.5 Å². The number of halogens is 1. The molecule has 3 aromatic rings. The zero-order chi connectivity index (χ0) is 23.2. The number of hydrogen-bond acceptors (Lipinski definition) is 2. The molecule has 0 atom stereocenters. The van der Waals surface area contributed by atoms with Gasteiger partial charge in [0.15, 0.2) is 0 Å². The normalized spacial score (nSPS) is 25.2. The summed E-state index contributed by atoms with van der Waals surface area (Å²) in [7, 11) is 0. The van der Waals surface area contributed by atoms with Gasteiger partial charge < -0.3 is 9.67 Å². The molecule has 2 aromatic carbocycles. The number of carbonyl (C=O) groups is 1. The van der Waals surface area contributed by atoms with Crippen molar-refractivity contribution in [1.82, 2.24) is 9.55 Å². The average molecular weight is 447 g/mol. The second-order valence-corrected chi connectivity index (χ2v) is 10.2. The van der Waals surface area contributed by atoms with Crippen LogP contribution in [0.2, 0.25) is 0 Å². The summed E-state index contributed by atoms with van der Waals surface area (Å²) in [5.74, 6) is 0.736. The van der Waals surface area contributed by atoms with Gasteiger partial charge >= 0.3 is 5.97 Å². The van der Waals surface area contributed by atoms with Gasteiger partial charge in [0.2, 0.25) is 0 Å². The van der Waals surface area contributed by atoms with Gasteiger partial charge in [-0.1, -0.05) is 37.3 Å². The fraction of sp³-hybridized carbons (Fsp3) is 0.429. The van der Waals surface area contributed by atoms with E-state index < -0.39 is 11.4 Å². The van der Waals surface area contributed by atoms with Gasteiger partial charge in [-0.2, -0.15) is 0 Å². The second kappa shape index (κ2) is 8.12. The first kappa shape index (κ1) is 21.9. The van der Waals surface area contributed by atoms with Crippen molar-refractivity contribution in [3.8, 4) is 11.3 Å². The molecule has 0 spiro atoms. The number of aromatic nitrogens is 2. The molecule has 4 nitrogen and oxygen atoms in total. The first-order chi connectivity index (χ1) is 15.8. The van der Waals surface area contributed by atoms with Crippen molar-refractivity contribution in [2.75, 3.05) is 0 Å². The molecule has 33 heavy (non-hydrogen) atoms. The number of hydrogen-bond donors (Lipinski definition) is 1. The Bertz CT molecular complexity index is 1150. The van der Waals surface area contributed by atoms with Crippen LogP contribution in [0, 0.1) is 18.7 Å². The lowest BCUT2D eigenvalue weighted by molar-refractivity contribution is -0.145. The largest absolute Gasteiger partial charge is 0.481 e. The molecule has 5 rings (SSSR count). The molecule has 1 aromatic heterocycles. The van der Waals surface area contributed by atoms with E-state index in [1.54, 1.807) is 0 Å². The highest BCUT2D eigenvalue weighted by atomic mass is 19.1. The molecule has 1 heterocycles. The number of aliphatic carboxylic acids is 1. The third-order valence-corrected chi connectivity index (χ3v) is 7.88. The molecule has 2 aliphatic carbocycles. The Hall–Kier alpha value is -2.95. The van der Waals surface area contributed by atoms with E-state index in [0.29, 0.717) is 18.8 Å². The quantitative estimate of drug-likeness (QED) is 0.486. The predicted molar refractivity (Wildman–Crippen MR) is 127 cm³/mol. The number of carboxylic acid groups (broad SMARTS) is 1. The van der Waals surface area contributed by atoms with Crippen molar-refractivity contribution in [2.24, 2.45) is 5.92 Å². The summed E-state index contributed by atoms with van der Waals surface area (Å²) in [6, 6.07) is 16.4. The number of nitrogens with zero attached hydrogens (tertiary/aromatic N) is 2. The molecule has 0 bridgehead atoms. The minimum Gasteiger partial charge on any atom is -0.481 e. The van der Waals surface area contributed by atoms with E-state index in [4.69, 9.17) is 4.98 Å². The Labute approximate surface area is 194 Å². The Morgan fingerprint density at radius 3 is 2.27 bits per heavy atom. The highest BCUT2D eigenvalue weighted by Gasteiger charge is 2.49. The fourth-order valence-electron chi connectivity index (χ4n) is 5.58. The maximum atomic E-state index is 13.6. The van der Waals surface area contributed by atoms with Crippen molar-refractivity contribution >= 4 is 5.97 Å². The van der Waals surface area contributed by atoms with Crippen molar-refractivity contribution in [2.45, 2.75) is 69.7 Å². The van der Waals surface area contributed by atoms with Crippen LogP contribution in [0.5, 0.6) is 0 Å². The summed E-state index contributed by atoms with van der Waals surface area (Å²) in [6.07, 6.45) is 5.16. The number of aryl methyl sites for hydroxylation is 1. The van der Waals surface area contributed by atoms with E-state index in [9.17, 15) is 14.3 Å². The van der Waals surface area contributed by atoms with Crippen molar-refractivity contribution < 1.29 is 14.3 Å². The highest BCUT2D eigenvalue weighted by Crippen LogP contribution is 2.49. The van der Waals surface area contributed by atoms with Gasteiger partial charge in [-0.15, -0.1) is 0 Å². The summed E-state index contributed by atoms with van der Waals surface area (Å²) in [5.41, 5.74) is 2.85. The lowest BCUT2D eigenvalue weighted by Crippen LogP contribution is -2.44. The van der Waals surface area contributed by atoms with Crippen LogP contribution in [0.4, 0.5) is 4.39 Å². The number of carboxylic acids is 1. The molecule has 1 N–H and O–H groups in total. The highest BCUT2D eigenvalue weighted by molar-refractivity contribution is 5.81. The predicted octanol–water partition coefficient (Wildman–Crippen LogP) is 6.26. The number of benzene rings is 2. The van der Waals surface area contributed by atoms with Gasteiger partial charge in [-0.25, -0.2) is 9.37 Å². The first-order valence-electron chi connectivity index (χ1n) is 11.9. The Balaban J connectivity index is 1.52. The maximum Gasteiger partial charge on any atom is 0.314 e. The van der Waals surface area contributed by atoms with Crippen LogP contribution < -0.4 is 0 Å². The Kier molecular flexibility index (Phi) is 5.38. The number of imidazole rings is 1. The summed E-state index contributed by atoms with van der Waals surface area (Å²) in [4.78, 5) is 17.5. The molecule has 2 fully saturated rings. The van der Waals surface area contributed by atoms with Crippen LogP contribution in [0.25, 0.3) is 11.3 Å². The van der Waals surface area contributed by atoms with E-state index in [-0.39, 0.29) is 11.2 Å². The third kappa shape index (κ3) is 3.88. The topological polar surface area (TPSA) is 55.1 Å². The summed E-state index contributed by atoms with van der Waals surface area (Å²) in [5, 5.41) is 10.2. The molecule has 0 radical (unpaired) electrons. The molecule has 2 saturated carbocycles. The molecule has 172 valence electrons. The fourth-order valence-corrected chi connectivity index (χ4v) is 5.58. The van der Waals surface area contributed by atoms with Gasteiger partial charge in [0.25, 0.3) is 0 Å². The monoisotopic (exact) mass is 446 g/mol. The minimum absolute atomic E-state index is 0.203.